The summed E-state index contributed by atoms with van der Waals surface area (Å²) >= 11 is 0. The minimum atomic E-state index is -0.434. The Hall–Kier alpha value is -2.89. The molecule has 0 spiro atoms. The highest BCUT2D eigenvalue weighted by Crippen LogP contribution is 2.19. The van der Waals surface area contributed by atoms with Crippen molar-refractivity contribution in [3.8, 4) is 5.75 Å². The number of likely N-dealkylation sites (tertiary alicyclic amines) is 1. The fourth-order valence-corrected chi connectivity index (χ4v) is 3.44. The molecule has 0 aliphatic carbocycles. The molecule has 1 N–H and O–H groups in total. The van der Waals surface area contributed by atoms with Crippen LogP contribution in [0.2, 0.25) is 0 Å². The molecule has 1 unspecified atom stereocenters. The Kier molecular flexibility index (Phi) is 6.29. The van der Waals surface area contributed by atoms with Crippen LogP contribution in [0.25, 0.3) is 0 Å². The molecule has 2 aromatic carbocycles. The predicted molar refractivity (Wildman–Crippen MR) is 105 cm³/mol. The number of halogens is 1. The van der Waals surface area contributed by atoms with E-state index in [0.717, 1.165) is 16.9 Å². The summed E-state index contributed by atoms with van der Waals surface area (Å²) in [6, 6.07) is 11.7. The summed E-state index contributed by atoms with van der Waals surface area (Å²) in [6.07, 6.45) is 1.61. The van der Waals surface area contributed by atoms with Crippen LogP contribution < -0.4 is 10.1 Å². The summed E-state index contributed by atoms with van der Waals surface area (Å²) in [4.78, 5) is 26.9. The smallest absolute Gasteiger partial charge is 0.251 e. The third-order valence-electron chi connectivity index (χ3n) is 5.09. The number of methoxy groups -OCH3 is 1. The van der Waals surface area contributed by atoms with Crippen molar-refractivity contribution in [3.63, 3.8) is 0 Å². The van der Waals surface area contributed by atoms with Gasteiger partial charge in [0, 0.05) is 31.1 Å². The topological polar surface area (TPSA) is 58.6 Å². The van der Waals surface area contributed by atoms with E-state index in [2.05, 4.69) is 5.32 Å². The van der Waals surface area contributed by atoms with Gasteiger partial charge in [0.15, 0.2) is 0 Å². The highest BCUT2D eigenvalue weighted by atomic mass is 19.1. The normalized spacial score (nSPS) is 17.2. The van der Waals surface area contributed by atoms with Crippen molar-refractivity contribution >= 4 is 11.8 Å². The molecule has 2 aromatic rings. The summed E-state index contributed by atoms with van der Waals surface area (Å²) in [5, 5.41) is 2.96. The molecule has 0 saturated carbocycles. The van der Waals surface area contributed by atoms with Gasteiger partial charge in [-0.15, -0.1) is 0 Å². The van der Waals surface area contributed by atoms with Crippen LogP contribution in [0.3, 0.4) is 0 Å². The highest BCUT2D eigenvalue weighted by molar-refractivity contribution is 5.95. The van der Waals surface area contributed by atoms with E-state index in [0.29, 0.717) is 37.9 Å². The second kappa shape index (κ2) is 8.87. The van der Waals surface area contributed by atoms with Crippen LogP contribution in [0.15, 0.2) is 42.5 Å². The van der Waals surface area contributed by atoms with Crippen molar-refractivity contribution in [1.29, 1.82) is 0 Å². The minimum absolute atomic E-state index is 0.0708. The first-order chi connectivity index (χ1) is 13.5. The van der Waals surface area contributed by atoms with Gasteiger partial charge in [0.1, 0.15) is 11.6 Å². The standard InChI is InChI=1S/C22H25FN2O3/c1-15-6-7-17(23)13-20(15)22(27)24-18-8-9-21(26)25(11-10-18)14-16-4-3-5-19(12-16)28-2/h3-7,12-13,18H,8-11,14H2,1-2H3,(H,24,27). The molecule has 1 aliphatic rings. The lowest BCUT2D eigenvalue weighted by molar-refractivity contribution is -0.131. The van der Waals surface area contributed by atoms with Gasteiger partial charge in [-0.2, -0.15) is 0 Å². The van der Waals surface area contributed by atoms with Crippen LogP contribution in [-0.4, -0.2) is 36.4 Å². The van der Waals surface area contributed by atoms with E-state index < -0.39 is 5.82 Å². The van der Waals surface area contributed by atoms with Gasteiger partial charge in [0.2, 0.25) is 5.91 Å². The highest BCUT2D eigenvalue weighted by Gasteiger charge is 2.24. The Morgan fingerprint density at radius 1 is 1.25 bits per heavy atom. The number of nitrogens with one attached hydrogen (secondary N) is 1. The van der Waals surface area contributed by atoms with Gasteiger partial charge >= 0.3 is 0 Å². The van der Waals surface area contributed by atoms with Crippen molar-refractivity contribution < 1.29 is 18.7 Å². The Balaban J connectivity index is 1.62. The molecular weight excluding hydrogens is 359 g/mol. The first-order valence-electron chi connectivity index (χ1n) is 9.44. The lowest BCUT2D eigenvalue weighted by atomic mass is 10.1. The molecule has 1 saturated heterocycles. The maximum Gasteiger partial charge on any atom is 0.251 e. The zero-order chi connectivity index (χ0) is 20.1. The van der Waals surface area contributed by atoms with Crippen LogP contribution in [0, 0.1) is 12.7 Å². The molecular formula is C22H25FN2O3. The number of nitrogens with zero attached hydrogens (tertiary/aromatic N) is 1. The second-order valence-electron chi connectivity index (χ2n) is 7.12. The second-order valence-corrected chi connectivity index (χ2v) is 7.12. The van der Waals surface area contributed by atoms with E-state index in [9.17, 15) is 14.0 Å². The van der Waals surface area contributed by atoms with Crippen LogP contribution >= 0.6 is 0 Å². The first-order valence-corrected chi connectivity index (χ1v) is 9.44. The van der Waals surface area contributed by atoms with Gasteiger partial charge in [0.25, 0.3) is 5.91 Å². The molecule has 1 atom stereocenters. The molecule has 148 valence electrons. The Bertz CT molecular complexity index is 869. The molecule has 5 nitrogen and oxygen atoms in total. The maximum atomic E-state index is 13.5. The summed E-state index contributed by atoms with van der Waals surface area (Å²) in [6.45, 7) is 2.85. The van der Waals surface area contributed by atoms with E-state index in [-0.39, 0.29) is 17.9 Å². The van der Waals surface area contributed by atoms with Crippen molar-refractivity contribution in [2.24, 2.45) is 0 Å². The summed E-state index contributed by atoms with van der Waals surface area (Å²) in [7, 11) is 1.61. The minimum Gasteiger partial charge on any atom is -0.497 e. The molecule has 1 aliphatic heterocycles. The molecule has 2 amide bonds. The quantitative estimate of drug-likeness (QED) is 0.859. The van der Waals surface area contributed by atoms with Crippen molar-refractivity contribution in [1.82, 2.24) is 10.2 Å². The predicted octanol–water partition coefficient (Wildman–Crippen LogP) is 3.45. The number of hydrogen-bond donors (Lipinski definition) is 1. The van der Waals surface area contributed by atoms with E-state index in [1.165, 1.54) is 12.1 Å². The molecule has 28 heavy (non-hydrogen) atoms. The average Bonchev–Trinajstić information content (AvgIpc) is 2.86. The number of carbonyl (C=O) groups is 2. The van der Waals surface area contributed by atoms with Crippen molar-refractivity contribution in [3.05, 3.63) is 65.0 Å². The van der Waals surface area contributed by atoms with Gasteiger partial charge in [-0.3, -0.25) is 9.59 Å². The maximum absolute atomic E-state index is 13.5. The fraction of sp³-hybridized carbons (Fsp3) is 0.364. The molecule has 1 fully saturated rings. The number of carbonyl (C=O) groups excluding carboxylic acids is 2. The number of rotatable bonds is 5. The van der Waals surface area contributed by atoms with E-state index in [1.807, 2.05) is 29.2 Å². The molecule has 0 radical (unpaired) electrons. The number of amides is 2. The van der Waals surface area contributed by atoms with Gasteiger partial charge < -0.3 is 15.0 Å². The van der Waals surface area contributed by atoms with E-state index in [4.69, 9.17) is 4.74 Å². The number of aryl methyl sites for hydroxylation is 1. The third kappa shape index (κ3) is 4.88. The van der Waals surface area contributed by atoms with Gasteiger partial charge in [0.05, 0.1) is 7.11 Å². The average molecular weight is 384 g/mol. The zero-order valence-corrected chi connectivity index (χ0v) is 16.2. The van der Waals surface area contributed by atoms with Crippen molar-refractivity contribution in [2.75, 3.05) is 13.7 Å². The van der Waals surface area contributed by atoms with Crippen LogP contribution in [0.4, 0.5) is 4.39 Å². The molecule has 0 aromatic heterocycles. The van der Waals surface area contributed by atoms with E-state index in [1.54, 1.807) is 20.1 Å². The molecule has 0 bridgehead atoms. The fourth-order valence-electron chi connectivity index (χ4n) is 3.44. The van der Waals surface area contributed by atoms with Crippen molar-refractivity contribution in [2.45, 2.75) is 38.8 Å². The van der Waals surface area contributed by atoms with Gasteiger partial charge in [-0.05, 0) is 55.2 Å². The SMILES string of the molecule is COc1cccc(CN2CCC(NC(=O)c3cc(F)ccc3C)CCC2=O)c1. The lowest BCUT2D eigenvalue weighted by Gasteiger charge is -2.21. The monoisotopic (exact) mass is 384 g/mol. The molecule has 1 heterocycles. The summed E-state index contributed by atoms with van der Waals surface area (Å²) in [5.74, 6) is 0.101. The molecule has 6 heteroatoms. The molecule has 3 rings (SSSR count). The summed E-state index contributed by atoms with van der Waals surface area (Å²) < 4.78 is 18.7. The Morgan fingerprint density at radius 3 is 2.86 bits per heavy atom. The number of benzene rings is 2. The zero-order valence-electron chi connectivity index (χ0n) is 16.2. The first kappa shape index (κ1) is 19.9. The summed E-state index contributed by atoms with van der Waals surface area (Å²) in [5.41, 5.74) is 2.07. The Labute approximate surface area is 164 Å². The number of hydrogen-bond acceptors (Lipinski definition) is 3. The van der Waals surface area contributed by atoms with Gasteiger partial charge in [-0.1, -0.05) is 18.2 Å². The van der Waals surface area contributed by atoms with E-state index >= 15 is 0 Å². The van der Waals surface area contributed by atoms with Crippen LogP contribution in [0.1, 0.15) is 40.7 Å². The van der Waals surface area contributed by atoms with Crippen LogP contribution in [-0.2, 0) is 11.3 Å². The lowest BCUT2D eigenvalue weighted by Crippen LogP contribution is -2.36. The largest absolute Gasteiger partial charge is 0.497 e. The number of ether oxygens (including phenoxy) is 1. The Morgan fingerprint density at radius 2 is 2.07 bits per heavy atom. The van der Waals surface area contributed by atoms with Crippen LogP contribution in [0.5, 0.6) is 5.75 Å². The van der Waals surface area contributed by atoms with Gasteiger partial charge in [-0.25, -0.2) is 4.39 Å². The third-order valence-corrected chi connectivity index (χ3v) is 5.09.